The van der Waals surface area contributed by atoms with Gasteiger partial charge in [-0.05, 0) is 50.8 Å². The zero-order chi connectivity index (χ0) is 21.0. The molecular weight excluding hydrogens is 401 g/mol. The van der Waals surface area contributed by atoms with Crippen LogP contribution in [-0.2, 0) is 14.8 Å². The molecule has 160 valence electrons. The second-order valence-electron chi connectivity index (χ2n) is 7.19. The fourth-order valence-electron chi connectivity index (χ4n) is 3.60. The maximum Gasteiger partial charge on any atom is 0.409 e. The van der Waals surface area contributed by atoms with Crippen LogP contribution in [0, 0.1) is 5.82 Å². The molecule has 1 N–H and O–H groups in total. The number of halogens is 1. The Morgan fingerprint density at radius 2 is 1.83 bits per heavy atom. The Morgan fingerprint density at radius 1 is 1.17 bits per heavy atom. The highest BCUT2D eigenvalue weighted by Gasteiger charge is 2.29. The molecule has 0 aliphatic carbocycles. The van der Waals surface area contributed by atoms with Gasteiger partial charge in [0, 0.05) is 32.2 Å². The normalized spacial score (nSPS) is 18.6. The summed E-state index contributed by atoms with van der Waals surface area (Å²) in [6, 6.07) is 3.08. The Bertz CT molecular complexity index is 863. The molecule has 2 aliphatic heterocycles. The first-order valence-electron chi connectivity index (χ1n) is 9.85. The Morgan fingerprint density at radius 3 is 2.45 bits per heavy atom. The van der Waals surface area contributed by atoms with Crippen LogP contribution < -0.4 is 5.32 Å². The fraction of sp³-hybridized carbons (Fsp3) is 0.579. The molecule has 0 aromatic heterocycles. The van der Waals surface area contributed by atoms with Crippen LogP contribution in [0.2, 0.25) is 0 Å². The number of nitrogens with one attached hydrogen (secondary N) is 1. The van der Waals surface area contributed by atoms with Crippen molar-refractivity contribution in [2.45, 2.75) is 43.5 Å². The Kier molecular flexibility index (Phi) is 6.74. The second-order valence-corrected chi connectivity index (χ2v) is 9.12. The van der Waals surface area contributed by atoms with Gasteiger partial charge in [0.1, 0.15) is 5.82 Å². The van der Waals surface area contributed by atoms with Crippen LogP contribution in [0.25, 0.3) is 0 Å². The van der Waals surface area contributed by atoms with Crippen molar-refractivity contribution in [1.82, 2.24) is 14.5 Å². The first-order chi connectivity index (χ1) is 13.8. The summed E-state index contributed by atoms with van der Waals surface area (Å²) in [5.41, 5.74) is -0.293. The standard InChI is InChI=1S/C19H26FN3O5S/c1-2-28-19(25)22-11-7-14(8-12-22)21-18(24)16-13-15(5-6-17(16)20)29(26,27)23-9-3-4-10-23/h5-6,13-14H,2-4,7-12H2,1H3,(H,21,24). The average molecular weight is 427 g/mol. The third kappa shape index (κ3) is 4.87. The largest absolute Gasteiger partial charge is 0.450 e. The summed E-state index contributed by atoms with van der Waals surface area (Å²) in [5.74, 6) is -1.43. The molecule has 2 heterocycles. The molecule has 8 nitrogen and oxygen atoms in total. The van der Waals surface area contributed by atoms with Crippen LogP contribution >= 0.6 is 0 Å². The monoisotopic (exact) mass is 427 g/mol. The van der Waals surface area contributed by atoms with Gasteiger partial charge in [-0.25, -0.2) is 17.6 Å². The second kappa shape index (κ2) is 9.08. The summed E-state index contributed by atoms with van der Waals surface area (Å²) in [6.07, 6.45) is 2.22. The van der Waals surface area contributed by atoms with Gasteiger partial charge in [0.05, 0.1) is 17.1 Å². The van der Waals surface area contributed by atoms with E-state index in [0.29, 0.717) is 45.6 Å². The van der Waals surface area contributed by atoms with E-state index >= 15 is 0 Å². The van der Waals surface area contributed by atoms with E-state index in [2.05, 4.69) is 5.32 Å². The van der Waals surface area contributed by atoms with E-state index in [4.69, 9.17) is 4.74 Å². The lowest BCUT2D eigenvalue weighted by Crippen LogP contribution is -2.46. The van der Waals surface area contributed by atoms with Gasteiger partial charge in [-0.2, -0.15) is 4.31 Å². The Labute approximate surface area is 170 Å². The van der Waals surface area contributed by atoms with Gasteiger partial charge in [-0.1, -0.05) is 0 Å². The van der Waals surface area contributed by atoms with E-state index < -0.39 is 21.7 Å². The van der Waals surface area contributed by atoms with Gasteiger partial charge in [0.25, 0.3) is 5.91 Å². The summed E-state index contributed by atoms with van der Waals surface area (Å²) in [7, 11) is -3.74. The lowest BCUT2D eigenvalue weighted by molar-refractivity contribution is 0.0857. The number of likely N-dealkylation sites (tertiary alicyclic amines) is 1. The van der Waals surface area contributed by atoms with Gasteiger partial charge in [0.2, 0.25) is 10.0 Å². The number of ether oxygens (including phenoxy) is 1. The third-order valence-corrected chi connectivity index (χ3v) is 7.14. The van der Waals surface area contributed by atoms with E-state index in [9.17, 15) is 22.4 Å². The molecule has 0 atom stereocenters. The molecule has 0 spiro atoms. The number of benzene rings is 1. The zero-order valence-corrected chi connectivity index (χ0v) is 17.2. The first-order valence-corrected chi connectivity index (χ1v) is 11.3. The number of hydrogen-bond acceptors (Lipinski definition) is 5. The van der Waals surface area contributed by atoms with Crippen molar-refractivity contribution < 1.29 is 27.1 Å². The summed E-state index contributed by atoms with van der Waals surface area (Å²) >= 11 is 0. The maximum atomic E-state index is 14.3. The Balaban J connectivity index is 1.66. The molecule has 2 saturated heterocycles. The minimum Gasteiger partial charge on any atom is -0.450 e. The highest BCUT2D eigenvalue weighted by molar-refractivity contribution is 7.89. The van der Waals surface area contributed by atoms with E-state index in [0.717, 1.165) is 25.0 Å². The third-order valence-electron chi connectivity index (χ3n) is 5.24. The molecule has 3 rings (SSSR count). The molecular formula is C19H26FN3O5S. The topological polar surface area (TPSA) is 96.0 Å². The number of carbonyl (C=O) groups is 2. The molecule has 2 amide bonds. The van der Waals surface area contributed by atoms with Crippen LogP contribution in [-0.4, -0.2) is 68.5 Å². The smallest absolute Gasteiger partial charge is 0.409 e. The van der Waals surface area contributed by atoms with Crippen molar-refractivity contribution in [3.05, 3.63) is 29.6 Å². The molecule has 1 aromatic carbocycles. The number of sulfonamides is 1. The minimum atomic E-state index is -3.74. The number of carbonyl (C=O) groups excluding carboxylic acids is 2. The molecule has 0 bridgehead atoms. The lowest BCUT2D eigenvalue weighted by Gasteiger charge is -2.31. The SMILES string of the molecule is CCOC(=O)N1CCC(NC(=O)c2cc(S(=O)(=O)N3CCCC3)ccc2F)CC1. The number of hydrogen-bond donors (Lipinski definition) is 1. The van der Waals surface area contributed by atoms with E-state index in [1.165, 1.54) is 10.4 Å². The van der Waals surface area contributed by atoms with Crippen LogP contribution in [0.5, 0.6) is 0 Å². The molecule has 0 unspecified atom stereocenters. The number of piperidine rings is 1. The van der Waals surface area contributed by atoms with Gasteiger partial charge in [0.15, 0.2) is 0 Å². The van der Waals surface area contributed by atoms with Crippen molar-refractivity contribution in [3.8, 4) is 0 Å². The average Bonchev–Trinajstić information content (AvgIpc) is 3.24. The van der Waals surface area contributed by atoms with Crippen molar-refractivity contribution >= 4 is 22.0 Å². The fourth-order valence-corrected chi connectivity index (χ4v) is 5.14. The molecule has 0 radical (unpaired) electrons. The van der Waals surface area contributed by atoms with E-state index in [-0.39, 0.29) is 22.6 Å². The number of rotatable bonds is 5. The quantitative estimate of drug-likeness (QED) is 0.775. The number of amides is 2. The van der Waals surface area contributed by atoms with Crippen molar-refractivity contribution in [3.63, 3.8) is 0 Å². The predicted molar refractivity (Wildman–Crippen MR) is 103 cm³/mol. The van der Waals surface area contributed by atoms with Gasteiger partial charge in [-0.15, -0.1) is 0 Å². The van der Waals surface area contributed by atoms with Crippen LogP contribution in [0.15, 0.2) is 23.1 Å². The van der Waals surface area contributed by atoms with Gasteiger partial charge < -0.3 is 15.0 Å². The minimum absolute atomic E-state index is 0.0805. The van der Waals surface area contributed by atoms with Gasteiger partial charge in [-0.3, -0.25) is 4.79 Å². The molecule has 2 aliphatic rings. The van der Waals surface area contributed by atoms with Crippen LogP contribution in [0.4, 0.5) is 9.18 Å². The van der Waals surface area contributed by atoms with Gasteiger partial charge >= 0.3 is 6.09 Å². The summed E-state index contributed by atoms with van der Waals surface area (Å²) in [4.78, 5) is 25.8. The van der Waals surface area contributed by atoms with Crippen molar-refractivity contribution in [2.75, 3.05) is 32.8 Å². The van der Waals surface area contributed by atoms with Crippen molar-refractivity contribution in [1.29, 1.82) is 0 Å². The van der Waals surface area contributed by atoms with Crippen LogP contribution in [0.1, 0.15) is 43.0 Å². The highest BCUT2D eigenvalue weighted by Crippen LogP contribution is 2.23. The van der Waals surface area contributed by atoms with E-state index in [1.807, 2.05) is 0 Å². The molecule has 2 fully saturated rings. The predicted octanol–water partition coefficient (Wildman–Crippen LogP) is 1.96. The molecule has 1 aromatic rings. The van der Waals surface area contributed by atoms with Crippen molar-refractivity contribution in [2.24, 2.45) is 0 Å². The Hall–Kier alpha value is -2.20. The molecule has 29 heavy (non-hydrogen) atoms. The summed E-state index contributed by atoms with van der Waals surface area (Å²) in [6.45, 7) is 3.74. The molecule has 0 saturated carbocycles. The maximum absolute atomic E-state index is 14.3. The first kappa shape index (κ1) is 21.5. The highest BCUT2D eigenvalue weighted by atomic mass is 32.2. The molecule has 10 heteroatoms. The zero-order valence-electron chi connectivity index (χ0n) is 16.4. The number of nitrogens with zero attached hydrogens (tertiary/aromatic N) is 2. The van der Waals surface area contributed by atoms with Crippen LogP contribution in [0.3, 0.4) is 0 Å². The summed E-state index contributed by atoms with van der Waals surface area (Å²) < 4.78 is 45.9. The summed E-state index contributed by atoms with van der Waals surface area (Å²) in [5, 5.41) is 2.75. The lowest BCUT2D eigenvalue weighted by atomic mass is 10.0. The van der Waals surface area contributed by atoms with E-state index in [1.54, 1.807) is 11.8 Å².